The second-order valence-corrected chi connectivity index (χ2v) is 8.32. The van der Waals surface area contributed by atoms with Crippen molar-refractivity contribution in [1.29, 1.82) is 0 Å². The summed E-state index contributed by atoms with van der Waals surface area (Å²) in [5.41, 5.74) is 2.66. The highest BCUT2D eigenvalue weighted by molar-refractivity contribution is 7.27. The summed E-state index contributed by atoms with van der Waals surface area (Å²) < 4.78 is 6.77. The predicted octanol–water partition coefficient (Wildman–Crippen LogP) is 3.23. The normalized spacial score (nSPS) is 15.8. The van der Waals surface area contributed by atoms with Gasteiger partial charge in [0.1, 0.15) is 17.2 Å². The third kappa shape index (κ3) is 3.89. The Kier molecular flexibility index (Phi) is 5.45. The lowest BCUT2D eigenvalue weighted by Gasteiger charge is -2.26. The van der Waals surface area contributed by atoms with Gasteiger partial charge in [-0.1, -0.05) is 24.3 Å². The largest absolute Gasteiger partial charge is 0.481 e. The zero-order valence-corrected chi connectivity index (χ0v) is 18.8. The van der Waals surface area contributed by atoms with Crippen molar-refractivity contribution in [1.82, 2.24) is 19.6 Å². The molecule has 1 aliphatic heterocycles. The molecule has 1 fully saturated rings. The van der Waals surface area contributed by atoms with Crippen molar-refractivity contribution in [2.24, 2.45) is 0 Å². The van der Waals surface area contributed by atoms with Crippen LogP contribution in [0.15, 0.2) is 60.9 Å². The summed E-state index contributed by atoms with van der Waals surface area (Å²) in [6, 6.07) is 15.8. The lowest BCUT2D eigenvalue weighted by Crippen LogP contribution is -2.24. The summed E-state index contributed by atoms with van der Waals surface area (Å²) in [4.78, 5) is 24.1. The molecule has 1 aromatic carbocycles. The molecule has 4 aromatic rings. The third-order valence-electron chi connectivity index (χ3n) is 5.61. The van der Waals surface area contributed by atoms with Crippen LogP contribution < -0.4 is 20.3 Å². The van der Waals surface area contributed by atoms with Crippen molar-refractivity contribution >= 4 is 37.6 Å². The van der Waals surface area contributed by atoms with Crippen LogP contribution in [0.2, 0.25) is 0 Å². The van der Waals surface area contributed by atoms with Crippen LogP contribution in [-0.4, -0.2) is 39.1 Å². The zero-order valence-electron chi connectivity index (χ0n) is 17.6. The van der Waals surface area contributed by atoms with E-state index in [-0.39, 0.29) is 17.6 Å². The molecule has 8 nitrogen and oxygen atoms in total. The second kappa shape index (κ2) is 8.55. The topological polar surface area (TPSA) is 84.6 Å². The number of carbonyl (C=O) groups is 1. The maximum absolute atomic E-state index is 12.7. The van der Waals surface area contributed by atoms with Crippen LogP contribution in [0, 0.1) is 0 Å². The molecule has 32 heavy (non-hydrogen) atoms. The number of anilines is 2. The van der Waals surface area contributed by atoms with Crippen LogP contribution in [0.3, 0.4) is 0 Å². The Labute approximate surface area is 187 Å². The van der Waals surface area contributed by atoms with Gasteiger partial charge >= 0.3 is 0 Å². The first-order valence-electron chi connectivity index (χ1n) is 10.4. The van der Waals surface area contributed by atoms with Crippen LogP contribution in [0.4, 0.5) is 11.5 Å². The summed E-state index contributed by atoms with van der Waals surface area (Å²) in [5.74, 6) is 0.902. The van der Waals surface area contributed by atoms with Gasteiger partial charge in [-0.05, 0) is 41.9 Å². The lowest BCUT2D eigenvalue weighted by atomic mass is 10.0. The standard InChI is InChI=1S/C23H23N6O2P/c1-31-21-9-3-7-17(25-21)23(30)26-18-14-24-29-12-10-20(27-22(18)29)28-11-4-8-19(28)15-5-2-6-16(32)13-15/h2-3,5-7,9-10,12-14,19H,4,8,11,32H2,1H3,(H,26,30). The van der Waals surface area contributed by atoms with E-state index in [0.717, 1.165) is 25.2 Å². The summed E-state index contributed by atoms with van der Waals surface area (Å²) in [6.45, 7) is 0.929. The molecule has 1 amide bonds. The van der Waals surface area contributed by atoms with Gasteiger partial charge in [-0.25, -0.2) is 14.5 Å². The molecule has 4 heterocycles. The number of benzene rings is 1. The Hall–Kier alpha value is -3.51. The summed E-state index contributed by atoms with van der Waals surface area (Å²) in [6.07, 6.45) is 5.65. The molecule has 1 aliphatic rings. The van der Waals surface area contributed by atoms with Gasteiger partial charge in [0.15, 0.2) is 5.65 Å². The minimum absolute atomic E-state index is 0.261. The molecule has 1 N–H and O–H groups in total. The Morgan fingerprint density at radius 3 is 2.91 bits per heavy atom. The van der Waals surface area contributed by atoms with Gasteiger partial charge in [-0.2, -0.15) is 5.10 Å². The monoisotopic (exact) mass is 446 g/mol. The molecule has 2 unspecified atom stereocenters. The first kappa shape index (κ1) is 20.4. The molecule has 162 valence electrons. The number of rotatable bonds is 5. The van der Waals surface area contributed by atoms with Crippen LogP contribution in [0.5, 0.6) is 5.88 Å². The van der Waals surface area contributed by atoms with Gasteiger partial charge in [-0.3, -0.25) is 4.79 Å². The van der Waals surface area contributed by atoms with Gasteiger partial charge in [0, 0.05) is 18.8 Å². The molecule has 0 bridgehead atoms. The van der Waals surface area contributed by atoms with E-state index < -0.39 is 0 Å². The highest BCUT2D eigenvalue weighted by Gasteiger charge is 2.27. The number of ether oxygens (including phenoxy) is 1. The second-order valence-electron chi connectivity index (χ2n) is 7.65. The fraction of sp³-hybridized carbons (Fsp3) is 0.217. The molecule has 1 saturated heterocycles. The lowest BCUT2D eigenvalue weighted by molar-refractivity contribution is 0.102. The number of nitrogens with one attached hydrogen (secondary N) is 1. The van der Waals surface area contributed by atoms with Crippen LogP contribution in [0.25, 0.3) is 5.65 Å². The van der Waals surface area contributed by atoms with E-state index in [2.05, 4.69) is 53.8 Å². The highest BCUT2D eigenvalue weighted by Crippen LogP contribution is 2.35. The molecular formula is C23H23N6O2P. The number of amides is 1. The van der Waals surface area contributed by atoms with Crippen molar-refractivity contribution in [3.63, 3.8) is 0 Å². The minimum Gasteiger partial charge on any atom is -0.481 e. The van der Waals surface area contributed by atoms with Gasteiger partial charge < -0.3 is 15.0 Å². The third-order valence-corrected chi connectivity index (χ3v) is 5.97. The van der Waals surface area contributed by atoms with E-state index in [4.69, 9.17) is 9.72 Å². The predicted molar refractivity (Wildman–Crippen MR) is 127 cm³/mol. The van der Waals surface area contributed by atoms with E-state index in [1.165, 1.54) is 18.0 Å². The molecule has 5 rings (SSSR count). The Morgan fingerprint density at radius 1 is 1.19 bits per heavy atom. The van der Waals surface area contributed by atoms with E-state index in [1.54, 1.807) is 28.9 Å². The Morgan fingerprint density at radius 2 is 2.06 bits per heavy atom. The summed E-state index contributed by atoms with van der Waals surface area (Å²) in [5, 5.41) is 8.38. The molecule has 0 saturated carbocycles. The van der Waals surface area contributed by atoms with Crippen molar-refractivity contribution < 1.29 is 9.53 Å². The van der Waals surface area contributed by atoms with Gasteiger partial charge in [-0.15, -0.1) is 9.24 Å². The van der Waals surface area contributed by atoms with E-state index in [9.17, 15) is 4.79 Å². The fourth-order valence-electron chi connectivity index (χ4n) is 4.10. The first-order chi connectivity index (χ1) is 15.6. The highest BCUT2D eigenvalue weighted by atomic mass is 31.0. The molecule has 9 heteroatoms. The van der Waals surface area contributed by atoms with Crippen LogP contribution in [0.1, 0.15) is 34.9 Å². The van der Waals surface area contributed by atoms with E-state index in [1.807, 2.05) is 12.3 Å². The number of pyridine rings is 1. The number of nitrogens with zero attached hydrogens (tertiary/aromatic N) is 5. The molecule has 3 aromatic heterocycles. The number of hydrogen-bond donors (Lipinski definition) is 1. The number of fused-ring (bicyclic) bond motifs is 1. The summed E-state index contributed by atoms with van der Waals surface area (Å²) >= 11 is 0. The average Bonchev–Trinajstić information content (AvgIpc) is 3.46. The van der Waals surface area contributed by atoms with E-state index >= 15 is 0 Å². The Balaban J connectivity index is 1.44. The average molecular weight is 446 g/mol. The number of methoxy groups -OCH3 is 1. The maximum atomic E-state index is 12.7. The fourth-order valence-corrected chi connectivity index (χ4v) is 4.41. The summed E-state index contributed by atoms with van der Waals surface area (Å²) in [7, 11) is 4.28. The van der Waals surface area contributed by atoms with Crippen LogP contribution >= 0.6 is 9.24 Å². The molecule has 2 atom stereocenters. The maximum Gasteiger partial charge on any atom is 0.274 e. The number of hydrogen-bond acceptors (Lipinski definition) is 6. The van der Waals surface area contributed by atoms with Crippen molar-refractivity contribution in [2.45, 2.75) is 18.9 Å². The zero-order chi connectivity index (χ0) is 22.1. The Bertz CT molecular complexity index is 1290. The molecule has 0 aliphatic carbocycles. The van der Waals surface area contributed by atoms with Gasteiger partial charge in [0.05, 0.1) is 19.3 Å². The number of carbonyl (C=O) groups excluding carboxylic acids is 1. The van der Waals surface area contributed by atoms with Crippen molar-refractivity contribution in [2.75, 3.05) is 23.9 Å². The van der Waals surface area contributed by atoms with Gasteiger partial charge in [0.2, 0.25) is 5.88 Å². The first-order valence-corrected chi connectivity index (χ1v) is 11.0. The van der Waals surface area contributed by atoms with Crippen molar-refractivity contribution in [3.05, 3.63) is 72.2 Å². The molecular weight excluding hydrogens is 423 g/mol. The smallest absolute Gasteiger partial charge is 0.274 e. The quantitative estimate of drug-likeness (QED) is 0.474. The minimum atomic E-state index is -0.345. The molecule has 0 spiro atoms. The SMILES string of the molecule is COc1cccc(C(=O)Nc2cnn3ccc(N4CCCC4c4cccc(P)c4)nc23)n1. The van der Waals surface area contributed by atoms with E-state index in [0.29, 0.717) is 17.2 Å². The van der Waals surface area contributed by atoms with Gasteiger partial charge in [0.25, 0.3) is 5.91 Å². The molecule has 0 radical (unpaired) electrons. The number of aromatic nitrogens is 4. The van der Waals surface area contributed by atoms with Crippen LogP contribution in [-0.2, 0) is 0 Å². The van der Waals surface area contributed by atoms with Crippen molar-refractivity contribution in [3.8, 4) is 5.88 Å².